The van der Waals surface area contributed by atoms with Crippen LogP contribution in [0.25, 0.3) is 0 Å². The predicted molar refractivity (Wildman–Crippen MR) is 58.2 cm³/mol. The fourth-order valence-electron chi connectivity index (χ4n) is 1.68. The number of ether oxygens (including phenoxy) is 2. The average Bonchev–Trinajstić information content (AvgIpc) is 2.39. The predicted octanol–water partition coefficient (Wildman–Crippen LogP) is -0.225. The van der Waals surface area contributed by atoms with E-state index in [-0.39, 0.29) is 6.61 Å². The van der Waals surface area contributed by atoms with Gasteiger partial charge in [-0.2, -0.15) is 0 Å². The summed E-state index contributed by atoms with van der Waals surface area (Å²) in [6, 6.07) is 0.893. The Morgan fingerprint density at radius 2 is 2.47 bits per heavy atom. The molecule has 1 unspecified atom stereocenters. The van der Waals surface area contributed by atoms with E-state index in [0.717, 1.165) is 0 Å². The van der Waals surface area contributed by atoms with E-state index in [9.17, 15) is 4.79 Å². The second-order valence-corrected chi connectivity index (χ2v) is 3.54. The number of hydrogen-bond acceptors (Lipinski definition) is 6. The van der Waals surface area contributed by atoms with Crippen LogP contribution in [-0.4, -0.2) is 54.0 Å². The van der Waals surface area contributed by atoms with Crippen LogP contribution in [0.3, 0.4) is 0 Å². The molecular weight excluding hydrogens is 226 g/mol. The van der Waals surface area contributed by atoms with E-state index in [1.807, 2.05) is 0 Å². The molecule has 1 aromatic rings. The van der Waals surface area contributed by atoms with Gasteiger partial charge in [-0.25, -0.2) is 14.8 Å². The topological polar surface area (TPSA) is 84.8 Å². The van der Waals surface area contributed by atoms with Gasteiger partial charge in [-0.1, -0.05) is 0 Å². The van der Waals surface area contributed by atoms with Crippen LogP contribution in [0, 0.1) is 0 Å². The molecule has 1 aromatic heterocycles. The Morgan fingerprint density at radius 3 is 3.18 bits per heavy atom. The van der Waals surface area contributed by atoms with E-state index in [1.54, 1.807) is 11.0 Å². The van der Waals surface area contributed by atoms with Crippen molar-refractivity contribution in [3.05, 3.63) is 12.4 Å². The Labute approximate surface area is 98.0 Å². The van der Waals surface area contributed by atoms with E-state index >= 15 is 0 Å². The molecule has 17 heavy (non-hydrogen) atoms. The number of carboxylic acid groups (broad SMARTS) is 1. The summed E-state index contributed by atoms with van der Waals surface area (Å²) < 4.78 is 10.1. The summed E-state index contributed by atoms with van der Waals surface area (Å²) in [4.78, 5) is 20.7. The number of morpholine rings is 1. The van der Waals surface area contributed by atoms with Crippen LogP contribution in [0.4, 0.5) is 5.82 Å². The normalized spacial score (nSPS) is 20.1. The molecule has 2 rings (SSSR count). The van der Waals surface area contributed by atoms with Gasteiger partial charge in [-0.15, -0.1) is 0 Å². The summed E-state index contributed by atoms with van der Waals surface area (Å²) in [5.41, 5.74) is 0. The van der Waals surface area contributed by atoms with E-state index in [4.69, 9.17) is 14.6 Å². The van der Waals surface area contributed by atoms with Crippen LogP contribution < -0.4 is 9.64 Å². The molecule has 0 radical (unpaired) electrons. The lowest BCUT2D eigenvalue weighted by atomic mass is 10.2. The van der Waals surface area contributed by atoms with Crippen molar-refractivity contribution >= 4 is 11.8 Å². The van der Waals surface area contributed by atoms with Gasteiger partial charge in [0.2, 0.25) is 5.88 Å². The maximum absolute atomic E-state index is 11.1. The first kappa shape index (κ1) is 11.6. The highest BCUT2D eigenvalue weighted by atomic mass is 16.5. The van der Waals surface area contributed by atoms with Crippen molar-refractivity contribution in [2.45, 2.75) is 6.04 Å². The van der Waals surface area contributed by atoms with Gasteiger partial charge in [-0.3, -0.25) is 0 Å². The Bertz CT molecular complexity index is 412. The van der Waals surface area contributed by atoms with Gasteiger partial charge in [0.05, 0.1) is 20.3 Å². The molecule has 1 aliphatic heterocycles. The molecule has 2 heterocycles. The third kappa shape index (κ3) is 2.44. The van der Waals surface area contributed by atoms with E-state index < -0.39 is 12.0 Å². The van der Waals surface area contributed by atoms with Gasteiger partial charge in [0.1, 0.15) is 12.1 Å². The Balaban J connectivity index is 2.26. The molecule has 1 fully saturated rings. The zero-order valence-corrected chi connectivity index (χ0v) is 9.37. The maximum atomic E-state index is 11.1. The van der Waals surface area contributed by atoms with Crippen molar-refractivity contribution in [3.63, 3.8) is 0 Å². The second kappa shape index (κ2) is 4.96. The molecule has 7 heteroatoms. The van der Waals surface area contributed by atoms with E-state index in [2.05, 4.69) is 9.97 Å². The molecule has 0 saturated carbocycles. The molecule has 1 saturated heterocycles. The summed E-state index contributed by atoms with van der Waals surface area (Å²) in [7, 11) is 1.50. The van der Waals surface area contributed by atoms with Crippen LogP contribution in [0.5, 0.6) is 5.88 Å². The van der Waals surface area contributed by atoms with Crippen molar-refractivity contribution in [2.75, 3.05) is 31.8 Å². The third-order valence-electron chi connectivity index (χ3n) is 2.54. The molecule has 0 aromatic carbocycles. The number of carbonyl (C=O) groups is 1. The summed E-state index contributed by atoms with van der Waals surface area (Å²) in [5.74, 6) is 0.0143. The highest BCUT2D eigenvalue weighted by Crippen LogP contribution is 2.20. The molecule has 1 N–H and O–H groups in total. The lowest BCUT2D eigenvalue weighted by molar-refractivity contribution is -0.141. The van der Waals surface area contributed by atoms with Crippen molar-refractivity contribution in [1.29, 1.82) is 0 Å². The molecular formula is C10H13N3O4. The van der Waals surface area contributed by atoms with Crippen LogP contribution in [-0.2, 0) is 9.53 Å². The summed E-state index contributed by atoms with van der Waals surface area (Å²) in [6.45, 7) is 1.12. The lowest BCUT2D eigenvalue weighted by Gasteiger charge is -2.33. The van der Waals surface area contributed by atoms with E-state index in [1.165, 1.54) is 13.4 Å². The van der Waals surface area contributed by atoms with Gasteiger partial charge < -0.3 is 19.5 Å². The molecule has 0 aliphatic carbocycles. The van der Waals surface area contributed by atoms with Crippen molar-refractivity contribution in [2.24, 2.45) is 0 Å². The molecule has 7 nitrogen and oxygen atoms in total. The van der Waals surface area contributed by atoms with Crippen molar-refractivity contribution in [3.8, 4) is 5.88 Å². The lowest BCUT2D eigenvalue weighted by Crippen LogP contribution is -2.50. The Kier molecular flexibility index (Phi) is 3.38. The molecule has 0 spiro atoms. The van der Waals surface area contributed by atoms with Crippen LogP contribution in [0.1, 0.15) is 0 Å². The monoisotopic (exact) mass is 239 g/mol. The fourth-order valence-corrected chi connectivity index (χ4v) is 1.68. The number of hydrogen-bond donors (Lipinski definition) is 1. The second-order valence-electron chi connectivity index (χ2n) is 3.54. The first-order chi connectivity index (χ1) is 8.22. The summed E-state index contributed by atoms with van der Waals surface area (Å²) in [6.07, 6.45) is 1.35. The number of nitrogens with zero attached hydrogens (tertiary/aromatic N) is 3. The quantitative estimate of drug-likeness (QED) is 0.780. The largest absolute Gasteiger partial charge is 0.481 e. The Hall–Kier alpha value is -1.89. The van der Waals surface area contributed by atoms with E-state index in [0.29, 0.717) is 24.8 Å². The smallest absolute Gasteiger partial charge is 0.328 e. The Morgan fingerprint density at radius 1 is 1.65 bits per heavy atom. The van der Waals surface area contributed by atoms with Gasteiger partial charge in [-0.05, 0) is 0 Å². The van der Waals surface area contributed by atoms with Gasteiger partial charge >= 0.3 is 5.97 Å². The first-order valence-corrected chi connectivity index (χ1v) is 5.15. The number of aliphatic carboxylic acids is 1. The highest BCUT2D eigenvalue weighted by molar-refractivity contribution is 5.78. The van der Waals surface area contributed by atoms with Crippen molar-refractivity contribution < 1.29 is 19.4 Å². The number of methoxy groups -OCH3 is 1. The highest BCUT2D eigenvalue weighted by Gasteiger charge is 2.30. The molecule has 1 aliphatic rings. The third-order valence-corrected chi connectivity index (χ3v) is 2.54. The molecule has 0 amide bonds. The number of carboxylic acids is 1. The number of rotatable bonds is 3. The average molecular weight is 239 g/mol. The minimum atomic E-state index is -0.928. The number of aromatic nitrogens is 2. The van der Waals surface area contributed by atoms with Crippen LogP contribution in [0.2, 0.25) is 0 Å². The van der Waals surface area contributed by atoms with Gasteiger partial charge in [0.15, 0.2) is 6.04 Å². The standard InChI is InChI=1S/C10H13N3O4/c1-16-9-4-8(11-6-12-9)13-2-3-17-5-7(13)10(14)15/h4,6-7H,2-3,5H2,1H3,(H,14,15). The number of anilines is 1. The maximum Gasteiger partial charge on any atom is 0.328 e. The summed E-state index contributed by atoms with van der Waals surface area (Å²) >= 11 is 0. The zero-order valence-electron chi connectivity index (χ0n) is 9.37. The zero-order chi connectivity index (χ0) is 12.3. The van der Waals surface area contributed by atoms with Gasteiger partial charge in [0.25, 0.3) is 0 Å². The van der Waals surface area contributed by atoms with Crippen LogP contribution in [0.15, 0.2) is 12.4 Å². The minimum absolute atomic E-state index is 0.154. The van der Waals surface area contributed by atoms with Crippen molar-refractivity contribution in [1.82, 2.24) is 9.97 Å². The first-order valence-electron chi connectivity index (χ1n) is 5.15. The summed E-state index contributed by atoms with van der Waals surface area (Å²) in [5, 5.41) is 9.10. The SMILES string of the molecule is COc1cc(N2CCOCC2C(=O)O)ncn1. The molecule has 0 bridgehead atoms. The molecule has 1 atom stereocenters. The fraction of sp³-hybridized carbons (Fsp3) is 0.500. The molecule has 92 valence electrons. The minimum Gasteiger partial charge on any atom is -0.481 e. The van der Waals surface area contributed by atoms with Crippen LogP contribution >= 0.6 is 0 Å². The van der Waals surface area contributed by atoms with Gasteiger partial charge in [0, 0.05) is 12.6 Å².